The fourth-order valence-electron chi connectivity index (χ4n) is 3.36. The third kappa shape index (κ3) is 5.75. The number of nitrogens with one attached hydrogen (secondary N) is 1. The average molecular weight is 321 g/mol. The van der Waals surface area contributed by atoms with Crippen molar-refractivity contribution >= 4 is 11.6 Å². The number of benzene rings is 1. The molecule has 0 amide bonds. The Hall–Kier alpha value is -0.830. The second-order valence-corrected chi connectivity index (χ2v) is 6.84. The molecule has 2 rings (SSSR count). The van der Waals surface area contributed by atoms with Gasteiger partial charge in [-0.15, -0.1) is 6.58 Å². The van der Waals surface area contributed by atoms with Gasteiger partial charge >= 0.3 is 0 Å². The maximum atomic E-state index is 5.93. The van der Waals surface area contributed by atoms with Crippen LogP contribution in [0.15, 0.2) is 36.9 Å². The molecule has 0 bridgehead atoms. The van der Waals surface area contributed by atoms with Crippen molar-refractivity contribution in [3.8, 4) is 0 Å². The third-order valence-corrected chi connectivity index (χ3v) is 4.80. The summed E-state index contributed by atoms with van der Waals surface area (Å²) in [6, 6.07) is 9.42. The Kier molecular flexibility index (Phi) is 7.44. The van der Waals surface area contributed by atoms with Crippen LogP contribution in [0.3, 0.4) is 0 Å². The van der Waals surface area contributed by atoms with Crippen molar-refractivity contribution in [2.45, 2.75) is 51.1 Å². The van der Waals surface area contributed by atoms with E-state index in [0.29, 0.717) is 6.04 Å². The highest BCUT2D eigenvalue weighted by Gasteiger charge is 2.21. The molecule has 1 aromatic rings. The minimum atomic E-state index is 0.482. The Balaban J connectivity index is 1.71. The lowest BCUT2D eigenvalue weighted by Gasteiger charge is -2.28. The first-order chi connectivity index (χ1) is 10.7. The summed E-state index contributed by atoms with van der Waals surface area (Å²) in [6.07, 6.45) is 8.57. The standard InChI is InChI=1S/C19H29ClN2/c1-3-13-22(19-6-4-5-7-19)14-12-21-16(2)15-17-8-10-18(20)11-9-17/h3,8-11,16,19,21H,1,4-7,12-15H2,2H3. The third-order valence-electron chi connectivity index (χ3n) is 4.55. The lowest BCUT2D eigenvalue weighted by molar-refractivity contribution is 0.218. The minimum Gasteiger partial charge on any atom is -0.313 e. The fraction of sp³-hybridized carbons (Fsp3) is 0.579. The number of halogens is 1. The van der Waals surface area contributed by atoms with Crippen molar-refractivity contribution in [3.05, 3.63) is 47.5 Å². The molecule has 3 heteroatoms. The molecule has 1 fully saturated rings. The van der Waals surface area contributed by atoms with Crippen LogP contribution < -0.4 is 5.32 Å². The largest absolute Gasteiger partial charge is 0.313 e. The quantitative estimate of drug-likeness (QED) is 0.683. The van der Waals surface area contributed by atoms with E-state index < -0.39 is 0 Å². The fourth-order valence-corrected chi connectivity index (χ4v) is 3.48. The molecule has 22 heavy (non-hydrogen) atoms. The van der Waals surface area contributed by atoms with Gasteiger partial charge in [0.1, 0.15) is 0 Å². The van der Waals surface area contributed by atoms with Gasteiger partial charge in [-0.25, -0.2) is 0 Å². The van der Waals surface area contributed by atoms with Crippen molar-refractivity contribution in [3.63, 3.8) is 0 Å². The zero-order chi connectivity index (χ0) is 15.8. The smallest absolute Gasteiger partial charge is 0.0406 e. The second-order valence-electron chi connectivity index (χ2n) is 6.41. The van der Waals surface area contributed by atoms with E-state index in [2.05, 4.69) is 35.9 Å². The number of hydrogen-bond donors (Lipinski definition) is 1. The van der Waals surface area contributed by atoms with Crippen LogP contribution in [0.1, 0.15) is 38.2 Å². The van der Waals surface area contributed by atoms with E-state index in [1.165, 1.54) is 31.2 Å². The van der Waals surface area contributed by atoms with E-state index in [4.69, 9.17) is 11.6 Å². The first kappa shape index (κ1) is 17.5. The van der Waals surface area contributed by atoms with Gasteiger partial charge in [-0.1, -0.05) is 42.7 Å². The first-order valence-electron chi connectivity index (χ1n) is 8.52. The maximum Gasteiger partial charge on any atom is 0.0406 e. The minimum absolute atomic E-state index is 0.482. The second kappa shape index (κ2) is 9.34. The molecule has 1 aromatic carbocycles. The van der Waals surface area contributed by atoms with Crippen LogP contribution in [-0.2, 0) is 6.42 Å². The van der Waals surface area contributed by atoms with Crippen molar-refractivity contribution < 1.29 is 0 Å². The van der Waals surface area contributed by atoms with E-state index in [1.807, 2.05) is 18.2 Å². The van der Waals surface area contributed by atoms with Crippen molar-refractivity contribution in [1.82, 2.24) is 10.2 Å². The zero-order valence-electron chi connectivity index (χ0n) is 13.7. The van der Waals surface area contributed by atoms with Gasteiger partial charge in [0, 0.05) is 36.7 Å². The van der Waals surface area contributed by atoms with E-state index in [9.17, 15) is 0 Å². The highest BCUT2D eigenvalue weighted by molar-refractivity contribution is 6.30. The monoisotopic (exact) mass is 320 g/mol. The van der Waals surface area contributed by atoms with Gasteiger partial charge < -0.3 is 5.32 Å². The van der Waals surface area contributed by atoms with E-state index >= 15 is 0 Å². The highest BCUT2D eigenvalue weighted by Crippen LogP contribution is 2.23. The van der Waals surface area contributed by atoms with Gasteiger partial charge in [0.05, 0.1) is 0 Å². The van der Waals surface area contributed by atoms with Crippen LogP contribution in [0.5, 0.6) is 0 Å². The van der Waals surface area contributed by atoms with Crippen LogP contribution in [0, 0.1) is 0 Å². The summed E-state index contributed by atoms with van der Waals surface area (Å²) in [5, 5.41) is 4.46. The molecule has 1 aliphatic rings. The predicted octanol–water partition coefficient (Wildman–Crippen LogP) is 4.29. The summed E-state index contributed by atoms with van der Waals surface area (Å²) in [5.74, 6) is 0. The summed E-state index contributed by atoms with van der Waals surface area (Å²) in [4.78, 5) is 2.59. The van der Waals surface area contributed by atoms with Crippen LogP contribution in [-0.4, -0.2) is 36.6 Å². The van der Waals surface area contributed by atoms with Crippen LogP contribution in [0.4, 0.5) is 0 Å². The lowest BCUT2D eigenvalue weighted by atomic mass is 10.1. The van der Waals surface area contributed by atoms with Gasteiger partial charge in [0.15, 0.2) is 0 Å². The Bertz CT molecular complexity index is 437. The molecule has 1 atom stereocenters. The summed E-state index contributed by atoms with van der Waals surface area (Å²) >= 11 is 5.93. The molecule has 1 unspecified atom stereocenters. The summed E-state index contributed by atoms with van der Waals surface area (Å²) in [5.41, 5.74) is 1.34. The van der Waals surface area contributed by atoms with Crippen LogP contribution >= 0.6 is 11.6 Å². The van der Waals surface area contributed by atoms with Crippen LogP contribution in [0.2, 0.25) is 5.02 Å². The van der Waals surface area contributed by atoms with Gasteiger partial charge in [-0.05, 0) is 43.9 Å². The Labute approximate surface area is 140 Å². The molecular weight excluding hydrogens is 292 g/mol. The summed E-state index contributed by atoms with van der Waals surface area (Å²) in [7, 11) is 0. The molecule has 1 saturated carbocycles. The number of nitrogens with zero attached hydrogens (tertiary/aromatic N) is 1. The summed E-state index contributed by atoms with van der Waals surface area (Å²) in [6.45, 7) is 9.32. The van der Waals surface area contributed by atoms with Crippen molar-refractivity contribution in [1.29, 1.82) is 0 Å². The molecule has 0 heterocycles. The topological polar surface area (TPSA) is 15.3 Å². The van der Waals surface area contributed by atoms with Gasteiger partial charge in [-0.2, -0.15) is 0 Å². The molecule has 0 spiro atoms. The van der Waals surface area contributed by atoms with Crippen molar-refractivity contribution in [2.24, 2.45) is 0 Å². The maximum absolute atomic E-state index is 5.93. The Morgan fingerprint density at radius 3 is 2.64 bits per heavy atom. The number of rotatable bonds is 9. The molecule has 0 aliphatic heterocycles. The van der Waals surface area contributed by atoms with Gasteiger partial charge in [-0.3, -0.25) is 4.90 Å². The molecule has 1 N–H and O–H groups in total. The molecule has 0 radical (unpaired) electrons. The average Bonchev–Trinajstić information content (AvgIpc) is 3.03. The molecule has 122 valence electrons. The Morgan fingerprint density at radius 2 is 2.00 bits per heavy atom. The molecule has 0 aromatic heterocycles. The summed E-state index contributed by atoms with van der Waals surface area (Å²) < 4.78 is 0. The zero-order valence-corrected chi connectivity index (χ0v) is 14.5. The Morgan fingerprint density at radius 1 is 1.32 bits per heavy atom. The van der Waals surface area contributed by atoms with E-state index in [1.54, 1.807) is 0 Å². The van der Waals surface area contributed by atoms with E-state index in [0.717, 1.165) is 37.1 Å². The van der Waals surface area contributed by atoms with Crippen molar-refractivity contribution in [2.75, 3.05) is 19.6 Å². The lowest BCUT2D eigenvalue weighted by Crippen LogP contribution is -2.41. The highest BCUT2D eigenvalue weighted by atomic mass is 35.5. The normalized spacial score (nSPS) is 17.0. The molecular formula is C19H29ClN2. The van der Waals surface area contributed by atoms with Crippen LogP contribution in [0.25, 0.3) is 0 Å². The van der Waals surface area contributed by atoms with E-state index in [-0.39, 0.29) is 0 Å². The predicted molar refractivity (Wildman–Crippen MR) is 96.6 cm³/mol. The van der Waals surface area contributed by atoms with Gasteiger partial charge in [0.2, 0.25) is 0 Å². The molecule has 0 saturated heterocycles. The van der Waals surface area contributed by atoms with Gasteiger partial charge in [0.25, 0.3) is 0 Å². The SMILES string of the molecule is C=CCN(CCNC(C)Cc1ccc(Cl)cc1)C1CCCC1. The number of hydrogen-bond acceptors (Lipinski definition) is 2. The molecule has 2 nitrogen and oxygen atoms in total. The molecule has 1 aliphatic carbocycles. The first-order valence-corrected chi connectivity index (χ1v) is 8.89.